The molecule has 6 heteroatoms. The zero-order chi connectivity index (χ0) is 14.7. The van der Waals surface area contributed by atoms with Gasteiger partial charge >= 0.3 is 5.97 Å². The molecule has 1 atom stereocenters. The summed E-state index contributed by atoms with van der Waals surface area (Å²) in [5.41, 5.74) is 6.61. The molecule has 1 saturated carbocycles. The number of carbonyl (C=O) groups is 1. The van der Waals surface area contributed by atoms with Gasteiger partial charge in [-0.2, -0.15) is 0 Å². The SMILES string of the molecule is COc1c(Br)cc(C(N)CC(=O)O)cc1OCC1CC1. The highest BCUT2D eigenvalue weighted by Crippen LogP contribution is 2.39. The van der Waals surface area contributed by atoms with Crippen molar-refractivity contribution in [1.29, 1.82) is 0 Å². The third-order valence-corrected chi connectivity index (χ3v) is 3.82. The highest BCUT2D eigenvalue weighted by Gasteiger charge is 2.23. The molecule has 110 valence electrons. The molecule has 0 heterocycles. The Kier molecular flexibility index (Phi) is 4.88. The lowest BCUT2D eigenvalue weighted by Crippen LogP contribution is -2.15. The Morgan fingerprint density at radius 2 is 2.25 bits per heavy atom. The lowest BCUT2D eigenvalue weighted by Gasteiger charge is -2.16. The predicted octanol–water partition coefficient (Wildman–Crippen LogP) is 2.72. The van der Waals surface area contributed by atoms with Crippen LogP contribution in [0.1, 0.15) is 30.9 Å². The largest absolute Gasteiger partial charge is 0.492 e. The smallest absolute Gasteiger partial charge is 0.305 e. The van der Waals surface area contributed by atoms with E-state index in [1.807, 2.05) is 0 Å². The van der Waals surface area contributed by atoms with Crippen LogP contribution in [0.3, 0.4) is 0 Å². The van der Waals surface area contributed by atoms with E-state index in [2.05, 4.69) is 15.9 Å². The van der Waals surface area contributed by atoms with Gasteiger partial charge in [0.25, 0.3) is 0 Å². The number of ether oxygens (including phenoxy) is 2. The number of halogens is 1. The molecule has 2 rings (SSSR count). The minimum atomic E-state index is -0.926. The first-order valence-electron chi connectivity index (χ1n) is 6.49. The van der Waals surface area contributed by atoms with E-state index in [0.29, 0.717) is 34.1 Å². The first-order chi connectivity index (χ1) is 9.51. The Balaban J connectivity index is 2.21. The number of hydrogen-bond acceptors (Lipinski definition) is 4. The van der Waals surface area contributed by atoms with Gasteiger partial charge in [0.1, 0.15) is 0 Å². The maximum Gasteiger partial charge on any atom is 0.305 e. The Bertz CT molecular complexity index is 502. The van der Waals surface area contributed by atoms with E-state index >= 15 is 0 Å². The van der Waals surface area contributed by atoms with Crippen molar-refractivity contribution in [3.05, 3.63) is 22.2 Å². The van der Waals surface area contributed by atoms with Gasteiger partial charge in [-0.15, -0.1) is 0 Å². The van der Waals surface area contributed by atoms with Crippen LogP contribution >= 0.6 is 15.9 Å². The summed E-state index contributed by atoms with van der Waals surface area (Å²) < 4.78 is 11.8. The molecule has 0 radical (unpaired) electrons. The third kappa shape index (κ3) is 3.86. The predicted molar refractivity (Wildman–Crippen MR) is 78.1 cm³/mol. The summed E-state index contributed by atoms with van der Waals surface area (Å²) in [7, 11) is 1.57. The van der Waals surface area contributed by atoms with Crippen LogP contribution < -0.4 is 15.2 Å². The lowest BCUT2D eigenvalue weighted by atomic mass is 10.0. The zero-order valence-corrected chi connectivity index (χ0v) is 12.9. The number of rotatable bonds is 7. The minimum absolute atomic E-state index is 0.124. The molecule has 0 saturated heterocycles. The number of hydrogen-bond donors (Lipinski definition) is 2. The van der Waals surface area contributed by atoms with Crippen molar-refractivity contribution >= 4 is 21.9 Å². The Hall–Kier alpha value is -1.27. The van der Waals surface area contributed by atoms with Crippen LogP contribution in [0.15, 0.2) is 16.6 Å². The van der Waals surface area contributed by atoms with E-state index in [-0.39, 0.29) is 6.42 Å². The highest BCUT2D eigenvalue weighted by atomic mass is 79.9. The molecule has 5 nitrogen and oxygen atoms in total. The summed E-state index contributed by atoms with van der Waals surface area (Å²) in [6.07, 6.45) is 2.27. The van der Waals surface area contributed by atoms with Crippen LogP contribution in [0.2, 0.25) is 0 Å². The summed E-state index contributed by atoms with van der Waals surface area (Å²) >= 11 is 3.41. The zero-order valence-electron chi connectivity index (χ0n) is 11.3. The van der Waals surface area contributed by atoms with E-state index in [1.165, 1.54) is 12.8 Å². The molecule has 0 aromatic heterocycles. The number of carboxylic acid groups (broad SMARTS) is 1. The number of benzene rings is 1. The van der Waals surface area contributed by atoms with Crippen LogP contribution in [-0.2, 0) is 4.79 Å². The fourth-order valence-electron chi connectivity index (χ4n) is 1.91. The van der Waals surface area contributed by atoms with Gasteiger partial charge in [0.15, 0.2) is 11.5 Å². The van der Waals surface area contributed by atoms with Crippen molar-refractivity contribution in [1.82, 2.24) is 0 Å². The number of carboxylic acids is 1. The Labute approximate surface area is 126 Å². The van der Waals surface area contributed by atoms with Crippen LogP contribution in [0.5, 0.6) is 11.5 Å². The van der Waals surface area contributed by atoms with Crippen LogP contribution in [0.4, 0.5) is 0 Å². The second kappa shape index (κ2) is 6.45. The first kappa shape index (κ1) is 15.1. The molecule has 0 bridgehead atoms. The molecule has 0 aliphatic heterocycles. The molecule has 1 aliphatic rings. The standard InChI is InChI=1S/C14H18BrNO4/c1-19-14-10(15)4-9(11(16)6-13(17)18)5-12(14)20-7-8-2-3-8/h4-5,8,11H,2-3,6-7,16H2,1H3,(H,17,18). The van der Waals surface area contributed by atoms with Crippen LogP contribution in [-0.4, -0.2) is 24.8 Å². The number of aliphatic carboxylic acids is 1. The topological polar surface area (TPSA) is 81.8 Å². The van der Waals surface area contributed by atoms with Crippen molar-refractivity contribution < 1.29 is 19.4 Å². The molecule has 20 heavy (non-hydrogen) atoms. The van der Waals surface area contributed by atoms with E-state index in [9.17, 15) is 4.79 Å². The van der Waals surface area contributed by atoms with Crippen molar-refractivity contribution in [2.24, 2.45) is 11.7 Å². The van der Waals surface area contributed by atoms with Crippen molar-refractivity contribution in [2.45, 2.75) is 25.3 Å². The molecule has 3 N–H and O–H groups in total. The summed E-state index contributed by atoms with van der Waals surface area (Å²) in [5.74, 6) is 0.904. The first-order valence-corrected chi connectivity index (χ1v) is 7.28. The summed E-state index contributed by atoms with van der Waals surface area (Å²) in [6, 6.07) is 2.97. The van der Waals surface area contributed by atoms with Gasteiger partial charge in [-0.1, -0.05) is 0 Å². The van der Waals surface area contributed by atoms with Gasteiger partial charge in [-0.25, -0.2) is 0 Å². The van der Waals surface area contributed by atoms with E-state index in [1.54, 1.807) is 19.2 Å². The minimum Gasteiger partial charge on any atom is -0.492 e. The molecule has 0 spiro atoms. The van der Waals surface area contributed by atoms with E-state index in [0.717, 1.165) is 0 Å². The normalized spacial score (nSPS) is 15.8. The van der Waals surface area contributed by atoms with E-state index in [4.69, 9.17) is 20.3 Å². The number of nitrogens with two attached hydrogens (primary N) is 1. The molecule has 1 fully saturated rings. The maximum absolute atomic E-state index is 10.8. The highest BCUT2D eigenvalue weighted by molar-refractivity contribution is 9.10. The lowest BCUT2D eigenvalue weighted by molar-refractivity contribution is -0.137. The summed E-state index contributed by atoms with van der Waals surface area (Å²) in [6.45, 7) is 0.653. The van der Waals surface area contributed by atoms with Crippen molar-refractivity contribution in [3.63, 3.8) is 0 Å². The average Bonchev–Trinajstić information content (AvgIpc) is 3.18. The quantitative estimate of drug-likeness (QED) is 0.795. The molecular formula is C14H18BrNO4. The monoisotopic (exact) mass is 343 g/mol. The average molecular weight is 344 g/mol. The Morgan fingerprint density at radius 3 is 2.80 bits per heavy atom. The summed E-state index contributed by atoms with van der Waals surface area (Å²) in [4.78, 5) is 10.8. The summed E-state index contributed by atoms with van der Waals surface area (Å²) in [5, 5.41) is 8.82. The molecule has 1 aromatic rings. The maximum atomic E-state index is 10.8. The van der Waals surface area contributed by atoms with Gasteiger partial charge in [0.2, 0.25) is 0 Å². The molecule has 0 amide bonds. The van der Waals surface area contributed by atoms with Gasteiger partial charge in [0, 0.05) is 6.04 Å². The van der Waals surface area contributed by atoms with Gasteiger partial charge < -0.3 is 20.3 Å². The second-order valence-corrected chi connectivity index (χ2v) is 5.85. The molecular weight excluding hydrogens is 326 g/mol. The van der Waals surface area contributed by atoms with E-state index < -0.39 is 12.0 Å². The van der Waals surface area contributed by atoms with Gasteiger partial charge in [0.05, 0.1) is 24.6 Å². The fourth-order valence-corrected chi connectivity index (χ4v) is 2.53. The Morgan fingerprint density at radius 1 is 1.55 bits per heavy atom. The second-order valence-electron chi connectivity index (χ2n) is 4.99. The van der Waals surface area contributed by atoms with Crippen LogP contribution in [0, 0.1) is 5.92 Å². The van der Waals surface area contributed by atoms with Crippen LogP contribution in [0.25, 0.3) is 0 Å². The molecule has 1 unspecified atom stereocenters. The van der Waals surface area contributed by atoms with Crippen molar-refractivity contribution in [3.8, 4) is 11.5 Å². The van der Waals surface area contributed by atoms with Gasteiger partial charge in [-0.3, -0.25) is 4.79 Å². The molecule has 1 aliphatic carbocycles. The fraction of sp³-hybridized carbons (Fsp3) is 0.500. The van der Waals surface area contributed by atoms with Gasteiger partial charge in [-0.05, 0) is 52.4 Å². The third-order valence-electron chi connectivity index (χ3n) is 3.23. The van der Waals surface area contributed by atoms with Crippen molar-refractivity contribution in [2.75, 3.05) is 13.7 Å². The molecule has 1 aromatic carbocycles. The number of methoxy groups -OCH3 is 1.